The quantitative estimate of drug-likeness (QED) is 0.411. The fourth-order valence-electron chi connectivity index (χ4n) is 0.892. The molecule has 0 fully saturated rings. The summed E-state index contributed by atoms with van der Waals surface area (Å²) in [7, 11) is 0. The maximum absolute atomic E-state index is 5.47. The van der Waals surface area contributed by atoms with Gasteiger partial charge in [-0.2, -0.15) is 0 Å². The zero-order chi connectivity index (χ0) is 9.36. The maximum Gasteiger partial charge on any atom is 0.0602 e. The van der Waals surface area contributed by atoms with Gasteiger partial charge in [0.1, 0.15) is 0 Å². The first-order valence-electron chi connectivity index (χ1n) is 4.25. The van der Waals surface area contributed by atoms with Crippen LogP contribution in [0.25, 0.3) is 0 Å². The van der Waals surface area contributed by atoms with Crippen LogP contribution in [0.15, 0.2) is 35.2 Å². The van der Waals surface area contributed by atoms with Crippen LogP contribution in [0.4, 0.5) is 0 Å². The molecule has 1 aromatic carbocycles. The Kier molecular flexibility index (Phi) is 6.07. The smallest absolute Gasteiger partial charge is 0.0602 e. The Morgan fingerprint density at radius 3 is 2.62 bits per heavy atom. The van der Waals surface area contributed by atoms with Crippen molar-refractivity contribution in [2.45, 2.75) is 4.90 Å². The first-order valence-corrected chi connectivity index (χ1v) is 5.77. The molecule has 0 atom stereocenters. The van der Waals surface area contributed by atoms with Crippen LogP contribution in [0.5, 0.6) is 0 Å². The Balaban J connectivity index is 2.07. The number of hydrogen-bond donors (Lipinski definition) is 0. The molecule has 72 valence electrons. The summed E-state index contributed by atoms with van der Waals surface area (Å²) >= 11 is 7.27. The van der Waals surface area contributed by atoms with Gasteiger partial charge in [-0.3, -0.25) is 0 Å². The molecule has 13 heavy (non-hydrogen) atoms. The molecule has 0 saturated heterocycles. The van der Waals surface area contributed by atoms with Gasteiger partial charge in [-0.25, -0.2) is 0 Å². The van der Waals surface area contributed by atoms with Gasteiger partial charge in [0.05, 0.1) is 13.2 Å². The van der Waals surface area contributed by atoms with Crippen molar-refractivity contribution in [2.24, 2.45) is 0 Å². The predicted octanol–water partition coefficient (Wildman–Crippen LogP) is 3.03. The zero-order valence-electron chi connectivity index (χ0n) is 7.41. The van der Waals surface area contributed by atoms with Gasteiger partial charge < -0.3 is 4.74 Å². The Hall–Kier alpha value is -0.180. The molecule has 0 spiro atoms. The van der Waals surface area contributed by atoms with Crippen LogP contribution in [0.2, 0.25) is 0 Å². The Bertz CT molecular complexity index is 215. The minimum atomic E-state index is 0.579. The second-order valence-corrected chi connectivity index (χ2v) is 4.01. The van der Waals surface area contributed by atoms with E-state index in [4.69, 9.17) is 16.3 Å². The largest absolute Gasteiger partial charge is 0.379 e. The van der Waals surface area contributed by atoms with Gasteiger partial charge in [0.15, 0.2) is 0 Å². The molecule has 0 bridgehead atoms. The molecule has 1 nitrogen and oxygen atoms in total. The Morgan fingerprint density at radius 1 is 1.15 bits per heavy atom. The summed E-state index contributed by atoms with van der Waals surface area (Å²) in [5.41, 5.74) is 0. The third-order valence-corrected chi connectivity index (χ3v) is 2.59. The van der Waals surface area contributed by atoms with Gasteiger partial charge in [-0.1, -0.05) is 18.2 Å². The van der Waals surface area contributed by atoms with E-state index in [9.17, 15) is 0 Å². The molecule has 0 heterocycles. The van der Waals surface area contributed by atoms with Gasteiger partial charge in [-0.15, -0.1) is 23.4 Å². The number of ether oxygens (including phenoxy) is 1. The van der Waals surface area contributed by atoms with E-state index < -0.39 is 0 Å². The van der Waals surface area contributed by atoms with Crippen molar-refractivity contribution in [3.63, 3.8) is 0 Å². The first kappa shape index (κ1) is 10.9. The van der Waals surface area contributed by atoms with E-state index in [1.807, 2.05) is 18.2 Å². The van der Waals surface area contributed by atoms with Gasteiger partial charge in [0.2, 0.25) is 0 Å². The Labute approximate surface area is 88.4 Å². The lowest BCUT2D eigenvalue weighted by Gasteiger charge is -2.01. The number of hydrogen-bond acceptors (Lipinski definition) is 2. The van der Waals surface area contributed by atoms with E-state index in [0.717, 1.165) is 12.4 Å². The van der Waals surface area contributed by atoms with E-state index in [2.05, 4.69) is 12.1 Å². The second kappa shape index (κ2) is 7.25. The number of thioether (sulfide) groups is 1. The van der Waals surface area contributed by atoms with E-state index in [1.165, 1.54) is 4.90 Å². The van der Waals surface area contributed by atoms with Gasteiger partial charge >= 0.3 is 0 Å². The van der Waals surface area contributed by atoms with Crippen LogP contribution in [-0.2, 0) is 4.74 Å². The predicted molar refractivity (Wildman–Crippen MR) is 58.7 cm³/mol. The highest BCUT2D eigenvalue weighted by Crippen LogP contribution is 2.16. The molecule has 0 aliphatic carbocycles. The second-order valence-electron chi connectivity index (χ2n) is 2.46. The molecule has 0 aromatic heterocycles. The molecular formula is C10H13ClOS. The highest BCUT2D eigenvalue weighted by atomic mass is 35.5. The fourth-order valence-corrected chi connectivity index (χ4v) is 1.79. The molecule has 0 amide bonds. The highest BCUT2D eigenvalue weighted by molar-refractivity contribution is 7.99. The molecule has 1 aromatic rings. The molecule has 1 rings (SSSR count). The molecule has 0 saturated carbocycles. The lowest BCUT2D eigenvalue weighted by atomic mass is 10.4. The molecule has 3 heteroatoms. The summed E-state index contributed by atoms with van der Waals surface area (Å²) in [4.78, 5) is 1.29. The van der Waals surface area contributed by atoms with Crippen molar-refractivity contribution in [3.05, 3.63) is 30.3 Å². The van der Waals surface area contributed by atoms with Gasteiger partial charge in [0.25, 0.3) is 0 Å². The normalized spacial score (nSPS) is 10.2. The molecule has 0 aliphatic rings. The summed E-state index contributed by atoms with van der Waals surface area (Å²) < 4.78 is 5.25. The van der Waals surface area contributed by atoms with Crippen molar-refractivity contribution in [2.75, 3.05) is 24.8 Å². The number of halogens is 1. The SMILES string of the molecule is ClCCOCCSc1ccccc1. The van der Waals surface area contributed by atoms with E-state index in [1.54, 1.807) is 11.8 Å². The van der Waals surface area contributed by atoms with Crippen molar-refractivity contribution < 1.29 is 4.74 Å². The minimum Gasteiger partial charge on any atom is -0.379 e. The van der Waals surface area contributed by atoms with Crippen molar-refractivity contribution in [1.29, 1.82) is 0 Å². The van der Waals surface area contributed by atoms with Gasteiger partial charge in [-0.05, 0) is 12.1 Å². The lowest BCUT2D eigenvalue weighted by molar-refractivity contribution is 0.166. The molecule has 0 radical (unpaired) electrons. The standard InChI is InChI=1S/C10H13ClOS/c11-6-7-12-8-9-13-10-4-2-1-3-5-10/h1-5H,6-9H2. The van der Waals surface area contributed by atoms with Crippen LogP contribution < -0.4 is 0 Å². The van der Waals surface area contributed by atoms with Crippen molar-refractivity contribution in [3.8, 4) is 0 Å². The molecule has 0 unspecified atom stereocenters. The van der Waals surface area contributed by atoms with Crippen LogP contribution in [0.3, 0.4) is 0 Å². The number of alkyl halides is 1. The van der Waals surface area contributed by atoms with E-state index in [0.29, 0.717) is 12.5 Å². The highest BCUT2D eigenvalue weighted by Gasteiger charge is 1.91. The number of benzene rings is 1. The number of rotatable bonds is 6. The maximum atomic E-state index is 5.47. The monoisotopic (exact) mass is 216 g/mol. The zero-order valence-corrected chi connectivity index (χ0v) is 8.98. The van der Waals surface area contributed by atoms with Crippen LogP contribution in [0, 0.1) is 0 Å². The summed E-state index contributed by atoms with van der Waals surface area (Å²) in [6.07, 6.45) is 0. The van der Waals surface area contributed by atoms with Crippen LogP contribution in [-0.4, -0.2) is 24.8 Å². The average molecular weight is 217 g/mol. The van der Waals surface area contributed by atoms with Crippen LogP contribution >= 0.6 is 23.4 Å². The summed E-state index contributed by atoms with van der Waals surface area (Å²) in [6, 6.07) is 10.3. The molecule has 0 aliphatic heterocycles. The lowest BCUT2D eigenvalue weighted by Crippen LogP contribution is -1.99. The minimum absolute atomic E-state index is 0.579. The average Bonchev–Trinajstić information content (AvgIpc) is 2.19. The molecular weight excluding hydrogens is 204 g/mol. The molecule has 0 N–H and O–H groups in total. The van der Waals surface area contributed by atoms with Crippen molar-refractivity contribution >= 4 is 23.4 Å². The topological polar surface area (TPSA) is 9.23 Å². The first-order chi connectivity index (χ1) is 6.43. The third kappa shape index (κ3) is 5.19. The van der Waals surface area contributed by atoms with Crippen molar-refractivity contribution in [1.82, 2.24) is 0 Å². The van der Waals surface area contributed by atoms with E-state index >= 15 is 0 Å². The summed E-state index contributed by atoms with van der Waals surface area (Å²) in [6.45, 7) is 1.42. The summed E-state index contributed by atoms with van der Waals surface area (Å²) in [5.74, 6) is 1.57. The third-order valence-electron chi connectivity index (χ3n) is 1.46. The fraction of sp³-hybridized carbons (Fsp3) is 0.400. The van der Waals surface area contributed by atoms with Gasteiger partial charge in [0, 0.05) is 16.5 Å². The Morgan fingerprint density at radius 2 is 1.92 bits per heavy atom. The van der Waals surface area contributed by atoms with E-state index in [-0.39, 0.29) is 0 Å². The van der Waals surface area contributed by atoms with Crippen LogP contribution in [0.1, 0.15) is 0 Å². The summed E-state index contributed by atoms with van der Waals surface area (Å²) in [5, 5.41) is 0.